The molecule has 1 radical (unpaired) electrons. The van der Waals surface area contributed by atoms with Crippen LogP contribution in [0, 0.1) is 0 Å². The Labute approximate surface area is 226 Å². The Bertz CT molecular complexity index is 885. The average Bonchev–Trinajstić information content (AvgIpc) is 3.26. The van der Waals surface area contributed by atoms with Gasteiger partial charge in [0.05, 0.1) is 26.7 Å². The van der Waals surface area contributed by atoms with E-state index >= 15 is 0 Å². The number of hydroxylamine groups is 4. The molecule has 38 heavy (non-hydrogen) atoms. The van der Waals surface area contributed by atoms with Crippen LogP contribution in [0.3, 0.4) is 0 Å². The lowest BCUT2D eigenvalue weighted by atomic mass is 9.78. The van der Waals surface area contributed by atoms with Crippen LogP contribution in [-0.4, -0.2) is 130 Å². The van der Waals surface area contributed by atoms with Crippen molar-refractivity contribution < 1.29 is 20.0 Å². The van der Waals surface area contributed by atoms with Gasteiger partial charge in [0.25, 0.3) is 0 Å². The second-order valence-corrected chi connectivity index (χ2v) is 15.0. The topological polar surface area (TPSA) is 100 Å². The first-order chi connectivity index (χ1) is 17.4. The molecule has 1 N–H and O–H groups in total. The molecule has 6 aliphatic heterocycles. The first-order valence-electron chi connectivity index (χ1n) is 14.0. The van der Waals surface area contributed by atoms with E-state index in [0.717, 1.165) is 12.8 Å². The number of hydrogen-bond donors (Lipinski definition) is 1. The molecule has 0 aromatic heterocycles. The predicted molar refractivity (Wildman–Crippen MR) is 137 cm³/mol. The summed E-state index contributed by atoms with van der Waals surface area (Å²) in [6, 6.07) is 0.165. The Morgan fingerprint density at radius 3 is 1.18 bits per heavy atom. The van der Waals surface area contributed by atoms with Gasteiger partial charge in [0.15, 0.2) is 12.3 Å². The van der Waals surface area contributed by atoms with Crippen LogP contribution in [0.15, 0.2) is 0 Å². The zero-order chi connectivity index (χ0) is 27.7. The van der Waals surface area contributed by atoms with E-state index in [-0.39, 0.29) is 36.5 Å². The summed E-state index contributed by atoms with van der Waals surface area (Å²) in [6.07, 6.45) is 2.32. The Hall–Kier alpha value is -1.70. The Morgan fingerprint density at radius 2 is 0.868 bits per heavy atom. The van der Waals surface area contributed by atoms with Gasteiger partial charge >= 0.3 is 12.1 Å². The molecule has 0 atom stereocenters. The standard InChI is InChI=1S/C26H45N8O4/c1-23(2)9-17(10-24(3,4)33(23)37)27-13-29-19-20-31(21(29)35)15-28(16-32(20)22(36)30(19)14-27)18-11-25(5,6)34(38)26(7,8)12-18/h17-20,37H,9-16H2,1-8H3. The van der Waals surface area contributed by atoms with E-state index in [9.17, 15) is 20.0 Å². The maximum absolute atomic E-state index is 13.8. The van der Waals surface area contributed by atoms with E-state index in [2.05, 4.69) is 9.80 Å². The van der Waals surface area contributed by atoms with E-state index < -0.39 is 22.2 Å². The van der Waals surface area contributed by atoms with Crippen LogP contribution in [0.25, 0.3) is 0 Å². The van der Waals surface area contributed by atoms with Crippen LogP contribution >= 0.6 is 0 Å². The highest BCUT2D eigenvalue weighted by Gasteiger charge is 2.65. The van der Waals surface area contributed by atoms with E-state index in [1.807, 2.05) is 75.0 Å². The van der Waals surface area contributed by atoms with Crippen molar-refractivity contribution in [3.63, 3.8) is 0 Å². The number of nitrogens with zero attached hydrogens (tertiary/aromatic N) is 8. The molecule has 4 amide bonds. The van der Waals surface area contributed by atoms with Crippen LogP contribution in [0.2, 0.25) is 0 Å². The molecule has 6 aliphatic rings. The molecular weight excluding hydrogens is 488 g/mol. The third-order valence-corrected chi connectivity index (χ3v) is 10.1. The SMILES string of the molecule is CC1(C)CC(N2CN3C(=O)N4CN(C5CC(C)(C)N(O)C(C)(C)C5)CN5C(=O)N(C2)C3C45)CC(C)(C)N1[O]. The van der Waals surface area contributed by atoms with Crippen molar-refractivity contribution in [1.82, 2.24) is 39.5 Å². The van der Waals surface area contributed by atoms with E-state index in [4.69, 9.17) is 0 Å². The number of carbonyl (C=O) groups is 2. The van der Waals surface area contributed by atoms with Gasteiger partial charge in [0, 0.05) is 34.2 Å². The van der Waals surface area contributed by atoms with Crippen molar-refractivity contribution in [3.05, 3.63) is 0 Å². The summed E-state index contributed by atoms with van der Waals surface area (Å²) in [5, 5.41) is 26.4. The number of hydrogen-bond acceptors (Lipinski definition) is 7. The lowest BCUT2D eigenvalue weighted by molar-refractivity contribution is -0.296. The van der Waals surface area contributed by atoms with Crippen LogP contribution in [0.4, 0.5) is 9.59 Å². The number of amides is 4. The Morgan fingerprint density at radius 1 is 0.579 bits per heavy atom. The largest absolute Gasteiger partial charge is 0.325 e. The molecule has 0 unspecified atom stereocenters. The second kappa shape index (κ2) is 7.94. The minimum atomic E-state index is -0.522. The summed E-state index contributed by atoms with van der Waals surface area (Å²) in [7, 11) is 0. The smallest absolute Gasteiger partial charge is 0.313 e. The van der Waals surface area contributed by atoms with Crippen molar-refractivity contribution in [2.45, 2.75) is 128 Å². The van der Waals surface area contributed by atoms with E-state index in [0.29, 0.717) is 39.5 Å². The van der Waals surface area contributed by atoms with Gasteiger partial charge in [-0.1, -0.05) is 0 Å². The maximum atomic E-state index is 13.8. The molecule has 0 saturated carbocycles. The lowest BCUT2D eigenvalue weighted by Gasteiger charge is -2.55. The Kier molecular flexibility index (Phi) is 5.54. The Balaban J connectivity index is 1.24. The van der Waals surface area contributed by atoms with Gasteiger partial charge in [-0.15, -0.1) is 10.3 Å². The van der Waals surface area contributed by atoms with Gasteiger partial charge in [0.1, 0.15) is 0 Å². The monoisotopic (exact) mass is 533 g/mol. The lowest BCUT2D eigenvalue weighted by Crippen LogP contribution is -2.68. The van der Waals surface area contributed by atoms with Crippen LogP contribution < -0.4 is 0 Å². The summed E-state index contributed by atoms with van der Waals surface area (Å²) in [5.74, 6) is 0. The molecule has 0 bridgehead atoms. The van der Waals surface area contributed by atoms with Crippen molar-refractivity contribution in [1.29, 1.82) is 0 Å². The molecule has 12 heteroatoms. The van der Waals surface area contributed by atoms with Crippen molar-refractivity contribution >= 4 is 12.1 Å². The third kappa shape index (κ3) is 3.63. The van der Waals surface area contributed by atoms with E-state index in [1.165, 1.54) is 10.1 Å². The minimum absolute atomic E-state index is 0.0326. The van der Waals surface area contributed by atoms with Crippen molar-refractivity contribution in [2.24, 2.45) is 0 Å². The second-order valence-electron chi connectivity index (χ2n) is 15.0. The van der Waals surface area contributed by atoms with E-state index in [1.54, 1.807) is 0 Å². The van der Waals surface area contributed by atoms with Crippen molar-refractivity contribution in [3.8, 4) is 0 Å². The highest BCUT2D eigenvalue weighted by molar-refractivity contribution is 5.85. The molecule has 213 valence electrons. The normalized spacial score (nSPS) is 33.1. The van der Waals surface area contributed by atoms with Crippen LogP contribution in [0.5, 0.6) is 0 Å². The fraction of sp³-hybridized carbons (Fsp3) is 0.923. The quantitative estimate of drug-likeness (QED) is 0.582. The third-order valence-electron chi connectivity index (χ3n) is 10.1. The van der Waals surface area contributed by atoms with Gasteiger partial charge in [-0.2, -0.15) is 5.06 Å². The molecule has 0 spiro atoms. The highest BCUT2D eigenvalue weighted by atomic mass is 16.5. The number of rotatable bonds is 2. The first kappa shape index (κ1) is 26.5. The maximum Gasteiger partial charge on any atom is 0.325 e. The van der Waals surface area contributed by atoms with Crippen molar-refractivity contribution in [2.75, 3.05) is 26.7 Å². The molecule has 6 rings (SSSR count). The van der Waals surface area contributed by atoms with Crippen LogP contribution in [0.1, 0.15) is 81.1 Å². The van der Waals surface area contributed by atoms with Gasteiger partial charge < -0.3 is 5.21 Å². The molecule has 0 aliphatic carbocycles. The fourth-order valence-corrected chi connectivity index (χ4v) is 8.62. The van der Waals surface area contributed by atoms with Gasteiger partial charge in [-0.3, -0.25) is 29.4 Å². The molecule has 6 saturated heterocycles. The molecule has 0 aromatic rings. The minimum Gasteiger partial charge on any atom is -0.313 e. The summed E-state index contributed by atoms with van der Waals surface area (Å²) in [6.45, 7) is 18.0. The van der Waals surface area contributed by atoms with Gasteiger partial charge in [-0.05, 0) is 81.1 Å². The van der Waals surface area contributed by atoms with Gasteiger partial charge in [0.2, 0.25) is 0 Å². The summed E-state index contributed by atoms with van der Waals surface area (Å²) < 4.78 is 0. The zero-order valence-electron chi connectivity index (χ0n) is 24.2. The summed E-state index contributed by atoms with van der Waals surface area (Å²) >= 11 is 0. The summed E-state index contributed by atoms with van der Waals surface area (Å²) in [5.41, 5.74) is -1.88. The number of piperidine rings is 2. The highest BCUT2D eigenvalue weighted by Crippen LogP contribution is 2.45. The fourth-order valence-electron chi connectivity index (χ4n) is 8.62. The number of urea groups is 2. The molecule has 6 fully saturated rings. The molecule has 6 heterocycles. The average molecular weight is 534 g/mol. The van der Waals surface area contributed by atoms with Gasteiger partial charge in [-0.25, -0.2) is 9.59 Å². The number of carbonyl (C=O) groups excluding carboxylic acids is 2. The molecule has 0 aromatic carbocycles. The molecular formula is C26H45N8O4. The molecule has 12 nitrogen and oxygen atoms in total. The van der Waals surface area contributed by atoms with Crippen LogP contribution in [-0.2, 0) is 5.21 Å². The predicted octanol–water partition coefficient (Wildman–Crippen LogP) is 2.35. The zero-order valence-corrected chi connectivity index (χ0v) is 24.2. The first-order valence-corrected chi connectivity index (χ1v) is 14.0. The summed E-state index contributed by atoms with van der Waals surface area (Å²) in [4.78, 5) is 39.6.